The first-order valence-electron chi connectivity index (χ1n) is 7.05. The van der Waals surface area contributed by atoms with Gasteiger partial charge in [0.2, 0.25) is 0 Å². The lowest BCUT2D eigenvalue weighted by atomic mass is 9.89. The van der Waals surface area contributed by atoms with Crippen LogP contribution in [0, 0.1) is 0 Å². The largest absolute Gasteiger partial charge is 0.497 e. The highest BCUT2D eigenvalue weighted by Crippen LogP contribution is 2.38. The molecule has 0 fully saturated rings. The van der Waals surface area contributed by atoms with Gasteiger partial charge in [-0.2, -0.15) is 5.10 Å². The van der Waals surface area contributed by atoms with Crippen LogP contribution in [0.1, 0.15) is 11.1 Å². The monoisotopic (exact) mass is 297 g/mol. The first-order chi connectivity index (χ1) is 10.6. The van der Waals surface area contributed by atoms with Crippen molar-refractivity contribution < 1.29 is 9.15 Å². The van der Waals surface area contributed by atoms with Crippen LogP contribution < -0.4 is 16.1 Å². The molecular formula is C16H15N3O3. The summed E-state index contributed by atoms with van der Waals surface area (Å²) in [4.78, 5) is 12.3. The molecule has 2 heterocycles. The van der Waals surface area contributed by atoms with Crippen molar-refractivity contribution in [1.29, 1.82) is 0 Å². The Kier molecular flexibility index (Phi) is 2.57. The average Bonchev–Trinajstić information content (AvgIpc) is 2.82. The van der Waals surface area contributed by atoms with E-state index >= 15 is 0 Å². The number of nitrogens with zero attached hydrogens (tertiary/aromatic N) is 2. The van der Waals surface area contributed by atoms with E-state index in [4.69, 9.17) is 14.9 Å². The SMILES string of the molecule is COc1ccc2c(c1)CCc1c-2oc(=O)c2c(N)nn(C)c12. The topological polar surface area (TPSA) is 83.3 Å². The molecule has 0 saturated heterocycles. The van der Waals surface area contributed by atoms with E-state index < -0.39 is 5.63 Å². The number of anilines is 1. The fourth-order valence-electron chi connectivity index (χ4n) is 3.24. The molecule has 0 aliphatic heterocycles. The molecule has 2 N–H and O–H groups in total. The second kappa shape index (κ2) is 4.37. The zero-order valence-electron chi connectivity index (χ0n) is 12.3. The van der Waals surface area contributed by atoms with Gasteiger partial charge in [0.25, 0.3) is 0 Å². The van der Waals surface area contributed by atoms with Gasteiger partial charge in [-0.1, -0.05) is 0 Å². The Bertz CT molecular complexity index is 969. The number of hydrogen-bond acceptors (Lipinski definition) is 5. The first kappa shape index (κ1) is 12.9. The van der Waals surface area contributed by atoms with E-state index in [2.05, 4.69) is 5.10 Å². The quantitative estimate of drug-likeness (QED) is 0.741. The zero-order chi connectivity index (χ0) is 15.4. The minimum absolute atomic E-state index is 0.217. The number of benzene rings is 1. The van der Waals surface area contributed by atoms with Gasteiger partial charge in [0.1, 0.15) is 16.9 Å². The Hall–Kier alpha value is -2.76. The molecule has 1 aromatic carbocycles. The van der Waals surface area contributed by atoms with Crippen LogP contribution in [0.3, 0.4) is 0 Å². The number of methoxy groups -OCH3 is 1. The van der Waals surface area contributed by atoms with Gasteiger partial charge in [-0.05, 0) is 36.6 Å². The summed E-state index contributed by atoms with van der Waals surface area (Å²) in [6.45, 7) is 0. The molecule has 4 rings (SSSR count). The summed E-state index contributed by atoms with van der Waals surface area (Å²) in [7, 11) is 3.43. The number of aryl methyl sites for hydroxylation is 3. The van der Waals surface area contributed by atoms with E-state index in [1.165, 1.54) is 0 Å². The second-order valence-electron chi connectivity index (χ2n) is 5.45. The van der Waals surface area contributed by atoms with E-state index in [9.17, 15) is 4.79 Å². The van der Waals surface area contributed by atoms with Crippen LogP contribution in [0.4, 0.5) is 5.82 Å². The summed E-state index contributed by atoms with van der Waals surface area (Å²) in [6, 6.07) is 5.79. The highest BCUT2D eigenvalue weighted by atomic mass is 16.5. The molecule has 0 saturated carbocycles. The molecule has 0 atom stereocenters. The minimum Gasteiger partial charge on any atom is -0.497 e. The summed E-state index contributed by atoms with van der Waals surface area (Å²) >= 11 is 0. The Balaban J connectivity index is 2.08. The molecular weight excluding hydrogens is 282 g/mol. The molecule has 22 heavy (non-hydrogen) atoms. The van der Waals surface area contributed by atoms with Crippen molar-refractivity contribution in [3.8, 4) is 17.1 Å². The lowest BCUT2D eigenvalue weighted by molar-refractivity contribution is 0.414. The molecule has 6 heteroatoms. The van der Waals surface area contributed by atoms with Gasteiger partial charge < -0.3 is 14.9 Å². The number of nitrogen functional groups attached to an aromatic ring is 1. The molecule has 0 bridgehead atoms. The van der Waals surface area contributed by atoms with Crippen LogP contribution in [-0.2, 0) is 19.9 Å². The Labute approximate surface area is 126 Å². The first-order valence-corrected chi connectivity index (χ1v) is 7.05. The van der Waals surface area contributed by atoms with E-state index in [0.717, 1.165) is 40.8 Å². The molecule has 0 spiro atoms. The smallest absolute Gasteiger partial charge is 0.349 e. The molecule has 2 aromatic heterocycles. The van der Waals surface area contributed by atoms with Gasteiger partial charge in [-0.3, -0.25) is 4.68 Å². The fraction of sp³-hybridized carbons (Fsp3) is 0.250. The Morgan fingerprint density at radius 1 is 1.36 bits per heavy atom. The van der Waals surface area contributed by atoms with Crippen LogP contribution >= 0.6 is 0 Å². The lowest BCUT2D eigenvalue weighted by Crippen LogP contribution is -2.11. The van der Waals surface area contributed by atoms with Crippen molar-refractivity contribution in [2.75, 3.05) is 12.8 Å². The van der Waals surface area contributed by atoms with Gasteiger partial charge >= 0.3 is 5.63 Å². The molecule has 1 aliphatic rings. The number of rotatable bonds is 1. The summed E-state index contributed by atoms with van der Waals surface area (Å²) < 4.78 is 12.5. The van der Waals surface area contributed by atoms with Crippen molar-refractivity contribution in [2.24, 2.45) is 7.05 Å². The molecule has 1 aliphatic carbocycles. The summed E-state index contributed by atoms with van der Waals surface area (Å²) in [5.41, 5.74) is 9.19. The van der Waals surface area contributed by atoms with Crippen LogP contribution in [0.5, 0.6) is 5.75 Å². The van der Waals surface area contributed by atoms with Gasteiger partial charge in [-0.15, -0.1) is 0 Å². The molecule has 112 valence electrons. The second-order valence-corrected chi connectivity index (χ2v) is 5.45. The maximum atomic E-state index is 12.3. The number of ether oxygens (including phenoxy) is 1. The normalized spacial score (nSPS) is 13.0. The third kappa shape index (κ3) is 1.60. The highest BCUT2D eigenvalue weighted by Gasteiger charge is 2.26. The zero-order valence-corrected chi connectivity index (χ0v) is 12.3. The fourth-order valence-corrected chi connectivity index (χ4v) is 3.24. The van der Waals surface area contributed by atoms with E-state index in [0.29, 0.717) is 11.1 Å². The van der Waals surface area contributed by atoms with E-state index in [-0.39, 0.29) is 5.82 Å². The van der Waals surface area contributed by atoms with Crippen molar-refractivity contribution >= 4 is 16.7 Å². The van der Waals surface area contributed by atoms with Crippen molar-refractivity contribution in [2.45, 2.75) is 12.8 Å². The summed E-state index contributed by atoms with van der Waals surface area (Å²) in [5, 5.41) is 4.53. The number of fused-ring (bicyclic) bond motifs is 5. The highest BCUT2D eigenvalue weighted by molar-refractivity contribution is 5.93. The summed E-state index contributed by atoms with van der Waals surface area (Å²) in [6.07, 6.45) is 1.63. The molecule has 0 amide bonds. The van der Waals surface area contributed by atoms with E-state index in [1.54, 1.807) is 18.8 Å². The van der Waals surface area contributed by atoms with Crippen LogP contribution in [0.25, 0.3) is 22.2 Å². The maximum absolute atomic E-state index is 12.3. The minimum atomic E-state index is -0.442. The molecule has 0 radical (unpaired) electrons. The van der Waals surface area contributed by atoms with Crippen molar-refractivity contribution in [3.63, 3.8) is 0 Å². The van der Waals surface area contributed by atoms with Crippen LogP contribution in [0.2, 0.25) is 0 Å². The summed E-state index contributed by atoms with van der Waals surface area (Å²) in [5.74, 6) is 1.63. The van der Waals surface area contributed by atoms with Gasteiger partial charge in [0.15, 0.2) is 5.82 Å². The molecule has 6 nitrogen and oxygen atoms in total. The van der Waals surface area contributed by atoms with Gasteiger partial charge in [0, 0.05) is 18.2 Å². The Morgan fingerprint density at radius 2 is 2.18 bits per heavy atom. The van der Waals surface area contributed by atoms with Gasteiger partial charge in [0.05, 0.1) is 12.6 Å². The van der Waals surface area contributed by atoms with Crippen LogP contribution in [0.15, 0.2) is 27.4 Å². The molecule has 3 aromatic rings. The molecule has 0 unspecified atom stereocenters. The predicted molar refractivity (Wildman–Crippen MR) is 83.1 cm³/mol. The van der Waals surface area contributed by atoms with Crippen LogP contribution in [-0.4, -0.2) is 16.9 Å². The standard InChI is InChI=1S/C16H15N3O3/c1-19-13-11-5-3-8-7-9(21-2)4-6-10(8)14(11)22-16(20)12(13)15(17)18-19/h4,6-7H,3,5H2,1-2H3,(H2,17,18). The third-order valence-corrected chi connectivity index (χ3v) is 4.23. The Morgan fingerprint density at radius 3 is 2.95 bits per heavy atom. The van der Waals surface area contributed by atoms with Crippen molar-refractivity contribution in [1.82, 2.24) is 9.78 Å². The predicted octanol–water partition coefficient (Wildman–Crippen LogP) is 1.88. The van der Waals surface area contributed by atoms with Crippen molar-refractivity contribution in [3.05, 3.63) is 39.7 Å². The maximum Gasteiger partial charge on any atom is 0.349 e. The number of hydrogen-bond donors (Lipinski definition) is 1. The lowest BCUT2D eigenvalue weighted by Gasteiger charge is -2.19. The van der Waals surface area contributed by atoms with E-state index in [1.807, 2.05) is 18.2 Å². The van der Waals surface area contributed by atoms with Gasteiger partial charge in [-0.25, -0.2) is 4.79 Å². The third-order valence-electron chi connectivity index (χ3n) is 4.23. The average molecular weight is 297 g/mol. The number of aromatic nitrogens is 2. The number of nitrogens with two attached hydrogens (primary N) is 1.